The van der Waals surface area contributed by atoms with Gasteiger partial charge in [-0.05, 0) is 52.4 Å². The van der Waals surface area contributed by atoms with Gasteiger partial charge in [0.1, 0.15) is 6.61 Å². The Kier molecular flexibility index (Phi) is 6.86. The molecule has 5 nitrogen and oxygen atoms in total. The SMILES string of the molecule is CC(CCN(C)C)NC1CC(NC(=O)OCc2ccccc2)C1. The van der Waals surface area contributed by atoms with Crippen molar-refractivity contribution in [1.29, 1.82) is 0 Å². The number of hydrogen-bond acceptors (Lipinski definition) is 4. The molecule has 1 unspecified atom stereocenters. The van der Waals surface area contributed by atoms with Crippen LogP contribution in [0.3, 0.4) is 0 Å². The van der Waals surface area contributed by atoms with Crippen molar-refractivity contribution in [2.75, 3.05) is 20.6 Å². The Balaban J connectivity index is 1.56. The van der Waals surface area contributed by atoms with Gasteiger partial charge in [0.05, 0.1) is 0 Å². The van der Waals surface area contributed by atoms with Gasteiger partial charge in [0.25, 0.3) is 0 Å². The normalized spacial score (nSPS) is 21.6. The molecule has 1 aromatic carbocycles. The van der Waals surface area contributed by atoms with Crippen LogP contribution in [0.4, 0.5) is 4.79 Å². The average Bonchev–Trinajstić information content (AvgIpc) is 2.50. The maximum Gasteiger partial charge on any atom is 0.407 e. The summed E-state index contributed by atoms with van der Waals surface area (Å²) in [6.45, 7) is 3.63. The summed E-state index contributed by atoms with van der Waals surface area (Å²) in [5.41, 5.74) is 1.01. The van der Waals surface area contributed by atoms with Gasteiger partial charge in [-0.3, -0.25) is 0 Å². The number of ether oxygens (including phenoxy) is 1. The topological polar surface area (TPSA) is 53.6 Å². The van der Waals surface area contributed by atoms with E-state index in [0.717, 1.165) is 31.4 Å². The first-order valence-corrected chi connectivity index (χ1v) is 8.41. The van der Waals surface area contributed by atoms with E-state index >= 15 is 0 Å². The molecule has 2 N–H and O–H groups in total. The predicted molar refractivity (Wildman–Crippen MR) is 92.3 cm³/mol. The minimum absolute atomic E-state index is 0.233. The molecule has 1 aliphatic rings. The first-order valence-electron chi connectivity index (χ1n) is 8.41. The standard InChI is InChI=1S/C18H29N3O2/c1-14(9-10-21(2)3)19-16-11-17(12-16)20-18(22)23-13-15-7-5-4-6-8-15/h4-8,14,16-17,19H,9-13H2,1-3H3,(H,20,22). The zero-order valence-electron chi connectivity index (χ0n) is 14.4. The summed E-state index contributed by atoms with van der Waals surface area (Å²) in [4.78, 5) is 14.0. The molecule has 0 radical (unpaired) electrons. The Labute approximate surface area is 139 Å². The van der Waals surface area contributed by atoms with Crippen molar-refractivity contribution in [3.05, 3.63) is 35.9 Å². The molecule has 1 aliphatic carbocycles. The molecule has 0 heterocycles. The van der Waals surface area contributed by atoms with Crippen molar-refractivity contribution >= 4 is 6.09 Å². The lowest BCUT2D eigenvalue weighted by Crippen LogP contribution is -2.54. The lowest BCUT2D eigenvalue weighted by atomic mass is 9.86. The van der Waals surface area contributed by atoms with Crippen LogP contribution in [0.2, 0.25) is 0 Å². The molecule has 0 aromatic heterocycles. The molecule has 0 aliphatic heterocycles. The number of alkyl carbamates (subject to hydrolysis) is 1. The minimum atomic E-state index is -0.321. The molecule has 5 heteroatoms. The Bertz CT molecular complexity index is 472. The van der Waals surface area contributed by atoms with Gasteiger partial charge in [-0.2, -0.15) is 0 Å². The molecule has 1 aromatic rings. The highest BCUT2D eigenvalue weighted by atomic mass is 16.5. The van der Waals surface area contributed by atoms with E-state index in [1.165, 1.54) is 0 Å². The van der Waals surface area contributed by atoms with Gasteiger partial charge in [-0.15, -0.1) is 0 Å². The molecule has 0 bridgehead atoms. The largest absolute Gasteiger partial charge is 0.445 e. The Morgan fingerprint density at radius 3 is 2.61 bits per heavy atom. The van der Waals surface area contributed by atoms with Crippen molar-refractivity contribution < 1.29 is 9.53 Å². The second-order valence-electron chi connectivity index (χ2n) is 6.73. The zero-order valence-corrected chi connectivity index (χ0v) is 14.4. The minimum Gasteiger partial charge on any atom is -0.445 e. The average molecular weight is 319 g/mol. The first-order chi connectivity index (χ1) is 11.0. The number of nitrogens with one attached hydrogen (secondary N) is 2. The fraction of sp³-hybridized carbons (Fsp3) is 0.611. The molecule has 1 atom stereocenters. The van der Waals surface area contributed by atoms with Gasteiger partial charge in [-0.1, -0.05) is 30.3 Å². The van der Waals surface area contributed by atoms with Crippen LogP contribution in [-0.2, 0) is 11.3 Å². The van der Waals surface area contributed by atoms with Crippen LogP contribution in [0.1, 0.15) is 31.7 Å². The molecular formula is C18H29N3O2. The van der Waals surface area contributed by atoms with Crippen LogP contribution in [0.15, 0.2) is 30.3 Å². The molecule has 1 fully saturated rings. The van der Waals surface area contributed by atoms with E-state index in [2.05, 4.69) is 36.6 Å². The molecule has 0 saturated heterocycles. The highest BCUT2D eigenvalue weighted by Gasteiger charge is 2.31. The number of amides is 1. The van der Waals surface area contributed by atoms with Gasteiger partial charge in [0, 0.05) is 18.1 Å². The molecular weight excluding hydrogens is 290 g/mol. The van der Waals surface area contributed by atoms with E-state index in [-0.39, 0.29) is 12.1 Å². The molecule has 2 rings (SSSR count). The highest BCUT2D eigenvalue weighted by Crippen LogP contribution is 2.21. The summed E-state index contributed by atoms with van der Waals surface area (Å²) in [7, 11) is 4.19. The Morgan fingerprint density at radius 1 is 1.26 bits per heavy atom. The third kappa shape index (κ3) is 6.59. The van der Waals surface area contributed by atoms with E-state index < -0.39 is 0 Å². The number of carbonyl (C=O) groups excluding carboxylic acids is 1. The van der Waals surface area contributed by atoms with Crippen molar-refractivity contribution in [1.82, 2.24) is 15.5 Å². The third-order valence-corrected chi connectivity index (χ3v) is 4.20. The number of rotatable bonds is 8. The van der Waals surface area contributed by atoms with Gasteiger partial charge in [-0.25, -0.2) is 4.79 Å². The maximum atomic E-state index is 11.8. The third-order valence-electron chi connectivity index (χ3n) is 4.20. The molecule has 1 amide bonds. The fourth-order valence-corrected chi connectivity index (χ4v) is 2.74. The summed E-state index contributed by atoms with van der Waals surface area (Å²) < 4.78 is 5.24. The zero-order chi connectivity index (χ0) is 16.7. The number of hydrogen-bond donors (Lipinski definition) is 2. The van der Waals surface area contributed by atoms with Gasteiger partial charge in [0.2, 0.25) is 0 Å². The molecule has 128 valence electrons. The first kappa shape index (κ1) is 17.8. The smallest absolute Gasteiger partial charge is 0.407 e. The number of carbonyl (C=O) groups is 1. The highest BCUT2D eigenvalue weighted by molar-refractivity contribution is 5.67. The van der Waals surface area contributed by atoms with E-state index in [9.17, 15) is 4.79 Å². The fourth-order valence-electron chi connectivity index (χ4n) is 2.74. The van der Waals surface area contributed by atoms with E-state index in [4.69, 9.17) is 4.74 Å². The number of nitrogens with zero attached hydrogens (tertiary/aromatic N) is 1. The monoisotopic (exact) mass is 319 g/mol. The van der Waals surface area contributed by atoms with Crippen molar-refractivity contribution in [3.8, 4) is 0 Å². The van der Waals surface area contributed by atoms with E-state index in [1.807, 2.05) is 30.3 Å². The maximum absolute atomic E-state index is 11.8. The predicted octanol–water partition coefficient (Wildman–Crippen LogP) is 2.37. The van der Waals surface area contributed by atoms with Gasteiger partial charge in [0.15, 0.2) is 0 Å². The van der Waals surface area contributed by atoms with Crippen LogP contribution in [0, 0.1) is 0 Å². The van der Waals surface area contributed by atoms with Gasteiger partial charge >= 0.3 is 6.09 Å². The molecule has 1 saturated carbocycles. The van der Waals surface area contributed by atoms with E-state index in [0.29, 0.717) is 18.7 Å². The lowest BCUT2D eigenvalue weighted by Gasteiger charge is -2.38. The summed E-state index contributed by atoms with van der Waals surface area (Å²) in [5.74, 6) is 0. The summed E-state index contributed by atoms with van der Waals surface area (Å²) in [6.07, 6.45) is 2.78. The van der Waals surface area contributed by atoms with Crippen LogP contribution in [0.25, 0.3) is 0 Å². The quantitative estimate of drug-likeness (QED) is 0.772. The van der Waals surface area contributed by atoms with Crippen LogP contribution in [0.5, 0.6) is 0 Å². The molecule has 23 heavy (non-hydrogen) atoms. The van der Waals surface area contributed by atoms with Gasteiger partial charge < -0.3 is 20.3 Å². The van der Waals surface area contributed by atoms with Crippen molar-refractivity contribution in [2.45, 2.75) is 50.9 Å². The van der Waals surface area contributed by atoms with Crippen molar-refractivity contribution in [2.24, 2.45) is 0 Å². The lowest BCUT2D eigenvalue weighted by molar-refractivity contribution is 0.124. The van der Waals surface area contributed by atoms with Crippen LogP contribution < -0.4 is 10.6 Å². The summed E-state index contributed by atoms with van der Waals surface area (Å²) >= 11 is 0. The van der Waals surface area contributed by atoms with Crippen LogP contribution in [-0.4, -0.2) is 49.8 Å². The Morgan fingerprint density at radius 2 is 1.96 bits per heavy atom. The van der Waals surface area contributed by atoms with Crippen LogP contribution >= 0.6 is 0 Å². The molecule has 0 spiro atoms. The number of benzene rings is 1. The summed E-state index contributed by atoms with van der Waals surface area (Å²) in [5, 5.41) is 6.54. The second kappa shape index (κ2) is 8.89. The van der Waals surface area contributed by atoms with E-state index in [1.54, 1.807) is 0 Å². The van der Waals surface area contributed by atoms with Crippen molar-refractivity contribution in [3.63, 3.8) is 0 Å². The second-order valence-corrected chi connectivity index (χ2v) is 6.73. The Hall–Kier alpha value is -1.59. The summed E-state index contributed by atoms with van der Waals surface area (Å²) in [6, 6.07) is 11.0.